The Morgan fingerprint density at radius 3 is 2.68 bits per heavy atom. The number of carboxylic acids is 1. The van der Waals surface area contributed by atoms with Crippen LogP contribution in [-0.2, 0) is 11.3 Å². The van der Waals surface area contributed by atoms with Gasteiger partial charge in [-0.2, -0.15) is 0 Å². The first-order valence-electron chi connectivity index (χ1n) is 6.71. The van der Waals surface area contributed by atoms with E-state index in [-0.39, 0.29) is 5.91 Å². The molecule has 116 valence electrons. The van der Waals surface area contributed by atoms with E-state index < -0.39 is 12.6 Å². The third kappa shape index (κ3) is 4.12. The topological polar surface area (TPSA) is 80.0 Å². The van der Waals surface area contributed by atoms with Crippen LogP contribution >= 0.6 is 0 Å². The summed E-state index contributed by atoms with van der Waals surface area (Å²) >= 11 is 0. The van der Waals surface area contributed by atoms with Crippen LogP contribution in [0.3, 0.4) is 0 Å². The van der Waals surface area contributed by atoms with E-state index in [0.717, 1.165) is 5.76 Å². The number of amides is 1. The number of benzene rings is 1. The number of aliphatic carboxylic acids is 1. The van der Waals surface area contributed by atoms with Gasteiger partial charge >= 0.3 is 5.97 Å². The zero-order valence-corrected chi connectivity index (χ0v) is 12.4. The summed E-state index contributed by atoms with van der Waals surface area (Å²) in [7, 11) is 1.67. The Morgan fingerprint density at radius 1 is 1.27 bits per heavy atom. The fraction of sp³-hybridized carbons (Fsp3) is 0.250. The molecule has 0 atom stereocenters. The lowest BCUT2D eigenvalue weighted by Gasteiger charge is -2.16. The first-order valence-corrected chi connectivity index (χ1v) is 6.71. The van der Waals surface area contributed by atoms with Crippen molar-refractivity contribution in [3.63, 3.8) is 0 Å². The predicted octanol–water partition coefficient (Wildman–Crippen LogP) is 2.32. The summed E-state index contributed by atoms with van der Waals surface area (Å²) in [4.78, 5) is 24.4. The molecule has 0 radical (unpaired) electrons. The fourth-order valence-corrected chi connectivity index (χ4v) is 1.96. The molecule has 1 aromatic carbocycles. The van der Waals surface area contributed by atoms with Gasteiger partial charge in [0.25, 0.3) is 5.91 Å². The number of carbonyl (C=O) groups excluding carboxylic acids is 1. The molecule has 6 heteroatoms. The van der Waals surface area contributed by atoms with E-state index in [1.165, 1.54) is 11.0 Å². The van der Waals surface area contributed by atoms with Crippen LogP contribution in [0.1, 0.15) is 21.9 Å². The highest BCUT2D eigenvalue weighted by atomic mass is 16.5. The van der Waals surface area contributed by atoms with Gasteiger partial charge in [-0.3, -0.25) is 4.79 Å². The molecule has 0 unspecified atom stereocenters. The molecular weight excluding hydrogens is 286 g/mol. The maximum Gasteiger partial charge on any atom is 0.341 e. The van der Waals surface area contributed by atoms with E-state index in [4.69, 9.17) is 14.3 Å². The maximum absolute atomic E-state index is 12.4. The third-order valence-electron chi connectivity index (χ3n) is 2.98. The molecule has 6 nitrogen and oxygen atoms in total. The highest BCUT2D eigenvalue weighted by Crippen LogP contribution is 2.16. The van der Waals surface area contributed by atoms with Crippen molar-refractivity contribution >= 4 is 11.9 Å². The van der Waals surface area contributed by atoms with Gasteiger partial charge in [0.15, 0.2) is 6.61 Å². The van der Waals surface area contributed by atoms with Gasteiger partial charge in [-0.15, -0.1) is 0 Å². The highest BCUT2D eigenvalue weighted by molar-refractivity contribution is 5.94. The number of rotatable bonds is 6. The zero-order valence-electron chi connectivity index (χ0n) is 12.4. The van der Waals surface area contributed by atoms with Crippen molar-refractivity contribution in [2.75, 3.05) is 13.7 Å². The van der Waals surface area contributed by atoms with Crippen LogP contribution in [0, 0.1) is 6.92 Å². The smallest absolute Gasteiger partial charge is 0.341 e. The summed E-state index contributed by atoms with van der Waals surface area (Å²) in [5, 5.41) is 8.60. The lowest BCUT2D eigenvalue weighted by Crippen LogP contribution is -2.26. The van der Waals surface area contributed by atoms with E-state index in [0.29, 0.717) is 23.6 Å². The highest BCUT2D eigenvalue weighted by Gasteiger charge is 2.14. The molecular formula is C16H17NO5. The molecule has 0 fully saturated rings. The molecule has 22 heavy (non-hydrogen) atoms. The van der Waals surface area contributed by atoms with Crippen molar-refractivity contribution < 1.29 is 23.8 Å². The average Bonchev–Trinajstić information content (AvgIpc) is 2.89. The lowest BCUT2D eigenvalue weighted by molar-refractivity contribution is -0.139. The maximum atomic E-state index is 12.4. The van der Waals surface area contributed by atoms with Crippen LogP contribution in [0.5, 0.6) is 5.75 Å². The van der Waals surface area contributed by atoms with Crippen LogP contribution in [0.15, 0.2) is 40.8 Å². The number of hydrogen-bond acceptors (Lipinski definition) is 4. The Hall–Kier alpha value is -2.76. The molecule has 2 aromatic rings. The minimum absolute atomic E-state index is 0.199. The van der Waals surface area contributed by atoms with Crippen molar-refractivity contribution in [3.8, 4) is 5.75 Å². The van der Waals surface area contributed by atoms with E-state index in [2.05, 4.69) is 0 Å². The summed E-state index contributed by atoms with van der Waals surface area (Å²) in [5.74, 6) is 0.568. The van der Waals surface area contributed by atoms with Gasteiger partial charge in [-0.05, 0) is 37.3 Å². The first-order chi connectivity index (χ1) is 10.5. The van der Waals surface area contributed by atoms with Gasteiger partial charge < -0.3 is 19.2 Å². The van der Waals surface area contributed by atoms with Gasteiger partial charge in [-0.1, -0.05) is 6.07 Å². The Kier molecular flexibility index (Phi) is 4.83. The SMILES string of the molecule is Cc1ccc(CN(C)C(=O)c2cccc(OCC(=O)O)c2)o1. The zero-order chi connectivity index (χ0) is 16.1. The molecule has 1 aromatic heterocycles. The second kappa shape index (κ2) is 6.80. The number of hydrogen-bond donors (Lipinski definition) is 1. The Balaban J connectivity index is 2.04. The largest absolute Gasteiger partial charge is 0.482 e. The average molecular weight is 303 g/mol. The summed E-state index contributed by atoms with van der Waals surface area (Å²) in [6.07, 6.45) is 0. The van der Waals surface area contributed by atoms with Gasteiger partial charge in [0.1, 0.15) is 17.3 Å². The summed E-state index contributed by atoms with van der Waals surface area (Å²) in [5.41, 5.74) is 0.425. The molecule has 1 N–H and O–H groups in total. The van der Waals surface area contributed by atoms with Crippen molar-refractivity contribution in [1.29, 1.82) is 0 Å². The molecule has 0 bridgehead atoms. The molecule has 0 aliphatic carbocycles. The van der Waals surface area contributed by atoms with Gasteiger partial charge in [-0.25, -0.2) is 4.79 Å². The predicted molar refractivity (Wildman–Crippen MR) is 78.8 cm³/mol. The molecule has 0 spiro atoms. The Bertz CT molecular complexity index is 677. The standard InChI is InChI=1S/C16H17NO5/c1-11-6-7-14(22-11)9-17(2)16(20)12-4-3-5-13(8-12)21-10-15(18)19/h3-8H,9-10H2,1-2H3,(H,18,19). The first kappa shape index (κ1) is 15.6. The number of carboxylic acid groups (broad SMARTS) is 1. The minimum Gasteiger partial charge on any atom is -0.482 e. The van der Waals surface area contributed by atoms with E-state index in [1.54, 1.807) is 25.2 Å². The number of ether oxygens (including phenoxy) is 1. The molecule has 0 saturated carbocycles. The molecule has 0 saturated heterocycles. The normalized spacial score (nSPS) is 10.3. The van der Waals surface area contributed by atoms with E-state index in [9.17, 15) is 9.59 Å². The number of furan rings is 1. The molecule has 0 aliphatic rings. The Labute approximate surface area is 127 Å². The second-order valence-electron chi connectivity index (χ2n) is 4.88. The Morgan fingerprint density at radius 2 is 2.05 bits per heavy atom. The summed E-state index contributed by atoms with van der Waals surface area (Å²) < 4.78 is 10.5. The van der Waals surface area contributed by atoms with Crippen molar-refractivity contribution in [2.24, 2.45) is 0 Å². The molecule has 2 rings (SSSR count). The van der Waals surface area contributed by atoms with E-state index >= 15 is 0 Å². The lowest BCUT2D eigenvalue weighted by atomic mass is 10.2. The quantitative estimate of drug-likeness (QED) is 0.886. The number of nitrogens with zero attached hydrogens (tertiary/aromatic N) is 1. The van der Waals surface area contributed by atoms with Gasteiger partial charge in [0, 0.05) is 12.6 Å². The third-order valence-corrected chi connectivity index (χ3v) is 2.98. The van der Waals surface area contributed by atoms with Crippen LogP contribution in [0.25, 0.3) is 0 Å². The van der Waals surface area contributed by atoms with Crippen LogP contribution in [-0.4, -0.2) is 35.5 Å². The summed E-state index contributed by atoms with van der Waals surface area (Å²) in [6, 6.07) is 10.1. The van der Waals surface area contributed by atoms with Gasteiger partial charge in [0.2, 0.25) is 0 Å². The molecule has 1 amide bonds. The van der Waals surface area contributed by atoms with Crippen LogP contribution in [0.2, 0.25) is 0 Å². The van der Waals surface area contributed by atoms with Crippen LogP contribution < -0.4 is 4.74 Å². The number of aryl methyl sites for hydroxylation is 1. The molecule has 0 aliphatic heterocycles. The van der Waals surface area contributed by atoms with Crippen molar-refractivity contribution in [1.82, 2.24) is 4.90 Å². The molecule has 1 heterocycles. The van der Waals surface area contributed by atoms with Gasteiger partial charge in [0.05, 0.1) is 6.54 Å². The fourth-order valence-electron chi connectivity index (χ4n) is 1.96. The number of carbonyl (C=O) groups is 2. The monoisotopic (exact) mass is 303 g/mol. The minimum atomic E-state index is -1.07. The summed E-state index contributed by atoms with van der Waals surface area (Å²) in [6.45, 7) is 1.75. The van der Waals surface area contributed by atoms with Crippen LogP contribution in [0.4, 0.5) is 0 Å². The van der Waals surface area contributed by atoms with Crippen molar-refractivity contribution in [2.45, 2.75) is 13.5 Å². The van der Waals surface area contributed by atoms with Crippen molar-refractivity contribution in [3.05, 3.63) is 53.5 Å². The second-order valence-corrected chi connectivity index (χ2v) is 4.88. The van der Waals surface area contributed by atoms with E-state index in [1.807, 2.05) is 19.1 Å².